The Bertz CT molecular complexity index is 676. The van der Waals surface area contributed by atoms with Crippen molar-refractivity contribution in [2.45, 2.75) is 18.9 Å². The Balaban J connectivity index is 1.90. The third-order valence-electron chi connectivity index (χ3n) is 3.90. The Labute approximate surface area is 129 Å². The van der Waals surface area contributed by atoms with Crippen molar-refractivity contribution >= 4 is 23.0 Å². The van der Waals surface area contributed by atoms with E-state index in [9.17, 15) is 4.79 Å². The maximum Gasteiger partial charge on any atom is 0.241 e. The number of rotatable bonds is 3. The van der Waals surface area contributed by atoms with E-state index in [1.165, 1.54) is 0 Å². The number of hydrogen-bond acceptors (Lipinski definition) is 4. The largest absolute Gasteiger partial charge is 0.399 e. The van der Waals surface area contributed by atoms with Crippen molar-refractivity contribution in [3.63, 3.8) is 0 Å². The van der Waals surface area contributed by atoms with Crippen LogP contribution >= 0.6 is 0 Å². The highest BCUT2D eigenvalue weighted by atomic mass is 16.2. The molecule has 0 aliphatic carbocycles. The summed E-state index contributed by atoms with van der Waals surface area (Å²) in [5, 5.41) is 6.19. The fourth-order valence-electron chi connectivity index (χ4n) is 2.71. The van der Waals surface area contributed by atoms with Crippen LogP contribution in [0.2, 0.25) is 0 Å². The summed E-state index contributed by atoms with van der Waals surface area (Å²) in [6.45, 7) is 0.889. The molecule has 0 aromatic heterocycles. The molecule has 1 aliphatic rings. The summed E-state index contributed by atoms with van der Waals surface area (Å²) in [7, 11) is 0. The van der Waals surface area contributed by atoms with Crippen molar-refractivity contribution in [3.8, 4) is 11.1 Å². The summed E-state index contributed by atoms with van der Waals surface area (Å²) in [5.41, 5.74) is 15.6. The molecule has 1 atom stereocenters. The highest BCUT2D eigenvalue weighted by molar-refractivity contribution is 5.99. The van der Waals surface area contributed by atoms with Gasteiger partial charge in [0, 0.05) is 16.9 Å². The van der Waals surface area contributed by atoms with E-state index < -0.39 is 0 Å². The highest BCUT2D eigenvalue weighted by Gasteiger charge is 2.22. The summed E-state index contributed by atoms with van der Waals surface area (Å²) >= 11 is 0. The maximum atomic E-state index is 12.3. The standard InChI is InChI=1S/C17H20N4O/c18-12-5-3-11(4-6-12)14-8-7-13(19)10-16(14)21-17(22)15-2-1-9-20-15/h3-8,10,15,20H,1-2,9,18-19H2,(H,21,22)/t15-/m0/s1. The molecule has 0 spiro atoms. The van der Waals surface area contributed by atoms with Crippen LogP contribution in [0.15, 0.2) is 42.5 Å². The third-order valence-corrected chi connectivity index (χ3v) is 3.90. The molecule has 22 heavy (non-hydrogen) atoms. The first-order chi connectivity index (χ1) is 10.6. The van der Waals surface area contributed by atoms with Crippen LogP contribution < -0.4 is 22.1 Å². The number of nitrogen functional groups attached to an aromatic ring is 2. The minimum atomic E-state index is -0.124. The van der Waals surface area contributed by atoms with Crippen LogP contribution in [0.25, 0.3) is 11.1 Å². The molecule has 6 N–H and O–H groups in total. The first-order valence-electron chi connectivity index (χ1n) is 7.43. The average Bonchev–Trinajstić information content (AvgIpc) is 3.03. The summed E-state index contributed by atoms with van der Waals surface area (Å²) in [6.07, 6.45) is 1.89. The number of anilines is 3. The molecule has 1 heterocycles. The van der Waals surface area contributed by atoms with Gasteiger partial charge in [0.2, 0.25) is 5.91 Å². The second kappa shape index (κ2) is 6.07. The molecular formula is C17H20N4O. The molecule has 0 saturated carbocycles. The summed E-state index contributed by atoms with van der Waals surface area (Å²) in [4.78, 5) is 12.3. The second-order valence-electron chi connectivity index (χ2n) is 5.57. The Morgan fingerprint density at radius 1 is 1.09 bits per heavy atom. The van der Waals surface area contributed by atoms with E-state index in [-0.39, 0.29) is 11.9 Å². The third kappa shape index (κ3) is 3.04. The zero-order chi connectivity index (χ0) is 15.5. The first-order valence-corrected chi connectivity index (χ1v) is 7.43. The van der Waals surface area contributed by atoms with Crippen molar-refractivity contribution in [2.75, 3.05) is 23.3 Å². The fraction of sp³-hybridized carbons (Fsp3) is 0.235. The lowest BCUT2D eigenvalue weighted by Crippen LogP contribution is -2.35. The normalized spacial score (nSPS) is 17.4. The zero-order valence-corrected chi connectivity index (χ0v) is 12.3. The molecular weight excluding hydrogens is 276 g/mol. The van der Waals surface area contributed by atoms with Gasteiger partial charge in [-0.2, -0.15) is 0 Å². The minimum Gasteiger partial charge on any atom is -0.399 e. The van der Waals surface area contributed by atoms with E-state index in [2.05, 4.69) is 10.6 Å². The van der Waals surface area contributed by atoms with Crippen molar-refractivity contribution < 1.29 is 4.79 Å². The number of carbonyl (C=O) groups excluding carboxylic acids is 1. The molecule has 2 aromatic carbocycles. The molecule has 3 rings (SSSR count). The topological polar surface area (TPSA) is 93.2 Å². The molecule has 0 radical (unpaired) electrons. The Morgan fingerprint density at radius 3 is 2.50 bits per heavy atom. The van der Waals surface area contributed by atoms with Crippen LogP contribution in [0.5, 0.6) is 0 Å². The SMILES string of the molecule is Nc1ccc(-c2ccc(N)cc2NC(=O)[C@@H]2CCCN2)cc1. The molecule has 5 nitrogen and oxygen atoms in total. The molecule has 5 heteroatoms. The predicted molar refractivity (Wildman–Crippen MR) is 90.4 cm³/mol. The van der Waals surface area contributed by atoms with Crippen LogP contribution in [0, 0.1) is 0 Å². The van der Waals surface area contributed by atoms with Crippen LogP contribution in [-0.2, 0) is 4.79 Å². The van der Waals surface area contributed by atoms with Gasteiger partial charge in [0.25, 0.3) is 0 Å². The maximum absolute atomic E-state index is 12.3. The number of amides is 1. The van der Waals surface area contributed by atoms with Gasteiger partial charge in [0.05, 0.1) is 11.7 Å². The summed E-state index contributed by atoms with van der Waals surface area (Å²) < 4.78 is 0. The lowest BCUT2D eigenvalue weighted by atomic mass is 10.0. The van der Waals surface area contributed by atoms with Gasteiger partial charge in [0.15, 0.2) is 0 Å². The van der Waals surface area contributed by atoms with Gasteiger partial charge in [-0.1, -0.05) is 18.2 Å². The lowest BCUT2D eigenvalue weighted by molar-refractivity contribution is -0.117. The second-order valence-corrected chi connectivity index (χ2v) is 5.57. The zero-order valence-electron chi connectivity index (χ0n) is 12.3. The van der Waals surface area contributed by atoms with Gasteiger partial charge in [-0.15, -0.1) is 0 Å². The van der Waals surface area contributed by atoms with Crippen molar-refractivity contribution in [2.24, 2.45) is 0 Å². The van der Waals surface area contributed by atoms with Crippen LogP contribution in [0.3, 0.4) is 0 Å². The fourth-order valence-corrected chi connectivity index (χ4v) is 2.71. The molecule has 114 valence electrons. The first kappa shape index (κ1) is 14.4. The number of nitrogens with one attached hydrogen (secondary N) is 2. The average molecular weight is 296 g/mol. The summed E-state index contributed by atoms with van der Waals surface area (Å²) in [6, 6.07) is 13.0. The highest BCUT2D eigenvalue weighted by Crippen LogP contribution is 2.30. The van der Waals surface area contributed by atoms with Gasteiger partial charge in [-0.3, -0.25) is 4.79 Å². The van der Waals surface area contributed by atoms with Crippen LogP contribution in [0.4, 0.5) is 17.1 Å². The number of benzene rings is 2. The lowest BCUT2D eigenvalue weighted by Gasteiger charge is -2.15. The number of hydrogen-bond donors (Lipinski definition) is 4. The molecule has 1 saturated heterocycles. The van der Waals surface area contributed by atoms with Gasteiger partial charge >= 0.3 is 0 Å². The Hall–Kier alpha value is -2.53. The van der Waals surface area contributed by atoms with E-state index in [1.54, 1.807) is 6.07 Å². The smallest absolute Gasteiger partial charge is 0.241 e. The summed E-state index contributed by atoms with van der Waals surface area (Å²) in [5.74, 6) is -0.0141. The van der Waals surface area contributed by atoms with Gasteiger partial charge < -0.3 is 22.1 Å². The number of nitrogens with two attached hydrogens (primary N) is 2. The van der Waals surface area contributed by atoms with Gasteiger partial charge in [-0.25, -0.2) is 0 Å². The molecule has 1 fully saturated rings. The quantitative estimate of drug-likeness (QED) is 0.653. The van der Waals surface area contributed by atoms with E-state index in [4.69, 9.17) is 11.5 Å². The van der Waals surface area contributed by atoms with E-state index in [0.717, 1.165) is 36.2 Å². The number of carbonyl (C=O) groups is 1. The Morgan fingerprint density at radius 2 is 1.82 bits per heavy atom. The van der Waals surface area contributed by atoms with Crippen LogP contribution in [0.1, 0.15) is 12.8 Å². The molecule has 0 unspecified atom stereocenters. The Kier molecular flexibility index (Phi) is 3.98. The molecule has 2 aromatic rings. The molecule has 1 aliphatic heterocycles. The van der Waals surface area contributed by atoms with Crippen LogP contribution in [-0.4, -0.2) is 18.5 Å². The van der Waals surface area contributed by atoms with Crippen molar-refractivity contribution in [1.29, 1.82) is 0 Å². The van der Waals surface area contributed by atoms with E-state index in [1.807, 2.05) is 36.4 Å². The van der Waals surface area contributed by atoms with Crippen molar-refractivity contribution in [3.05, 3.63) is 42.5 Å². The minimum absolute atomic E-state index is 0.0141. The molecule has 1 amide bonds. The molecule has 0 bridgehead atoms. The van der Waals surface area contributed by atoms with E-state index >= 15 is 0 Å². The van der Waals surface area contributed by atoms with Gasteiger partial charge in [0.1, 0.15) is 0 Å². The van der Waals surface area contributed by atoms with E-state index in [0.29, 0.717) is 11.4 Å². The van der Waals surface area contributed by atoms with Gasteiger partial charge in [-0.05, 0) is 49.2 Å². The monoisotopic (exact) mass is 296 g/mol. The predicted octanol–water partition coefficient (Wildman–Crippen LogP) is 2.21. The van der Waals surface area contributed by atoms with Crippen molar-refractivity contribution in [1.82, 2.24) is 5.32 Å².